The number of hydrogen-bond donors (Lipinski definition) is 4. The van der Waals surface area contributed by atoms with Gasteiger partial charge in [-0.3, -0.25) is 4.79 Å². The van der Waals surface area contributed by atoms with Crippen molar-refractivity contribution in [3.05, 3.63) is 130 Å². The number of aryl methyl sites for hydroxylation is 1. The van der Waals surface area contributed by atoms with Gasteiger partial charge in [0.25, 0.3) is 0 Å². The van der Waals surface area contributed by atoms with Crippen LogP contribution in [0.25, 0.3) is 0 Å². The molecule has 5 rings (SSSR count). The maximum atomic E-state index is 13.9. The Morgan fingerprint density at radius 3 is 2.14 bits per heavy atom. The molecule has 8 nitrogen and oxygen atoms in total. The molecule has 4 aromatic rings. The Morgan fingerprint density at radius 2 is 1.48 bits per heavy atom. The molecule has 1 unspecified atom stereocenters. The van der Waals surface area contributed by atoms with Gasteiger partial charge in [-0.15, -0.1) is 0 Å². The van der Waals surface area contributed by atoms with Crippen LogP contribution in [0.5, 0.6) is 5.75 Å². The van der Waals surface area contributed by atoms with Crippen LogP contribution in [0.2, 0.25) is 0 Å². The summed E-state index contributed by atoms with van der Waals surface area (Å²) < 4.78 is 13.3. The third-order valence-electron chi connectivity index (χ3n) is 7.60. The Bertz CT molecular complexity index is 1460. The predicted molar refractivity (Wildman–Crippen MR) is 174 cm³/mol. The zero-order valence-electron chi connectivity index (χ0n) is 24.2. The van der Waals surface area contributed by atoms with E-state index in [4.69, 9.17) is 9.47 Å². The highest BCUT2D eigenvalue weighted by Gasteiger charge is 2.33. The predicted octanol–water partition coefficient (Wildman–Crippen LogP) is 6.22. The van der Waals surface area contributed by atoms with Gasteiger partial charge in [0.05, 0.1) is 6.10 Å². The number of anilines is 1. The molecule has 1 aliphatic heterocycles. The summed E-state index contributed by atoms with van der Waals surface area (Å²) in [6.45, 7) is 1.88. The Kier molecular flexibility index (Phi) is 11.0. The van der Waals surface area contributed by atoms with E-state index in [0.29, 0.717) is 25.3 Å². The Hall–Kier alpha value is -4.18. The zero-order valence-corrected chi connectivity index (χ0v) is 25.8. The van der Waals surface area contributed by atoms with Crippen molar-refractivity contribution in [2.75, 3.05) is 25.0 Å². The summed E-state index contributed by atoms with van der Waals surface area (Å²) in [6, 6.07) is 33.2. The summed E-state index contributed by atoms with van der Waals surface area (Å²) >= 11 is 3.44. The third kappa shape index (κ3) is 8.69. The number of ether oxygens (including phenoxy) is 2. The van der Waals surface area contributed by atoms with E-state index in [-0.39, 0.29) is 12.2 Å². The molecule has 1 aliphatic rings. The normalized spacial score (nSPS) is 17.0. The minimum absolute atomic E-state index is 0.0204. The van der Waals surface area contributed by atoms with Crippen LogP contribution < -0.4 is 20.7 Å². The monoisotopic (exact) mass is 657 g/mol. The van der Waals surface area contributed by atoms with Crippen LogP contribution in [0, 0.1) is 0 Å². The van der Waals surface area contributed by atoms with E-state index < -0.39 is 24.0 Å². The van der Waals surface area contributed by atoms with Gasteiger partial charge in [0, 0.05) is 29.2 Å². The van der Waals surface area contributed by atoms with Gasteiger partial charge in [-0.25, -0.2) is 4.79 Å². The van der Waals surface area contributed by atoms with Crippen molar-refractivity contribution in [1.82, 2.24) is 10.6 Å². The zero-order chi connectivity index (χ0) is 30.7. The van der Waals surface area contributed by atoms with Crippen molar-refractivity contribution in [3.63, 3.8) is 0 Å². The molecule has 228 valence electrons. The average molecular weight is 659 g/mol. The van der Waals surface area contributed by atoms with Crippen molar-refractivity contribution in [2.45, 2.75) is 37.0 Å². The summed E-state index contributed by atoms with van der Waals surface area (Å²) in [7, 11) is 0. The molecule has 0 saturated carbocycles. The van der Waals surface area contributed by atoms with Gasteiger partial charge in [0.15, 0.2) is 0 Å². The summed E-state index contributed by atoms with van der Waals surface area (Å²) in [6.07, 6.45) is 0.0373. The van der Waals surface area contributed by atoms with Gasteiger partial charge < -0.3 is 30.5 Å². The van der Waals surface area contributed by atoms with E-state index in [1.165, 1.54) is 0 Å². The minimum atomic E-state index is -1.27. The van der Waals surface area contributed by atoms with Crippen molar-refractivity contribution < 1.29 is 24.2 Å². The number of carbonyl (C=O) groups excluding carboxylic acids is 1. The van der Waals surface area contributed by atoms with Crippen LogP contribution in [0.3, 0.4) is 0 Å². The fourth-order valence-electron chi connectivity index (χ4n) is 5.48. The first-order valence-electron chi connectivity index (χ1n) is 14.7. The van der Waals surface area contributed by atoms with Crippen molar-refractivity contribution in [2.24, 2.45) is 0 Å². The second-order valence-corrected chi connectivity index (χ2v) is 11.6. The molecule has 0 spiro atoms. The van der Waals surface area contributed by atoms with E-state index in [0.717, 1.165) is 39.9 Å². The van der Waals surface area contributed by atoms with Crippen LogP contribution >= 0.6 is 15.9 Å². The lowest BCUT2D eigenvalue weighted by molar-refractivity contribution is -0.118. The molecule has 1 heterocycles. The number of para-hydroxylation sites is 1. The van der Waals surface area contributed by atoms with Crippen LogP contribution in [0.1, 0.15) is 29.0 Å². The van der Waals surface area contributed by atoms with Crippen LogP contribution in [-0.4, -0.2) is 55.1 Å². The number of rotatable bonds is 12. The van der Waals surface area contributed by atoms with E-state index in [1.54, 1.807) is 0 Å². The van der Waals surface area contributed by atoms with Gasteiger partial charge in [-0.05, 0) is 59.9 Å². The summed E-state index contributed by atoms with van der Waals surface area (Å²) in [5, 5.41) is 18.7. The number of nitrogens with one attached hydrogen (secondary N) is 3. The molecule has 4 aromatic carbocycles. The van der Waals surface area contributed by atoms with Crippen molar-refractivity contribution >= 4 is 33.6 Å². The topological polar surface area (TPSA) is 109 Å². The maximum absolute atomic E-state index is 13.9. The summed E-state index contributed by atoms with van der Waals surface area (Å²) in [5.74, 6) is -0.168. The van der Waals surface area contributed by atoms with Gasteiger partial charge in [0.1, 0.15) is 24.5 Å². The lowest BCUT2D eigenvalue weighted by Gasteiger charge is -2.31. The lowest BCUT2D eigenvalue weighted by Crippen LogP contribution is -2.47. The molecular formula is C35H36BrN3O5. The highest BCUT2D eigenvalue weighted by atomic mass is 79.9. The third-order valence-corrected chi connectivity index (χ3v) is 8.13. The van der Waals surface area contributed by atoms with Gasteiger partial charge in [-0.1, -0.05) is 94.8 Å². The van der Waals surface area contributed by atoms with Crippen molar-refractivity contribution in [3.8, 4) is 5.75 Å². The highest BCUT2D eigenvalue weighted by molar-refractivity contribution is 9.10. The number of halogens is 1. The van der Waals surface area contributed by atoms with E-state index in [2.05, 4.69) is 31.9 Å². The maximum Gasteiger partial charge on any atom is 0.405 e. The number of benzene rings is 4. The molecule has 1 fully saturated rings. The second-order valence-electron chi connectivity index (χ2n) is 10.7. The molecule has 44 heavy (non-hydrogen) atoms. The summed E-state index contributed by atoms with van der Waals surface area (Å²) in [4.78, 5) is 25.8. The number of amides is 2. The first-order valence-corrected chi connectivity index (χ1v) is 15.5. The smallest absolute Gasteiger partial charge is 0.405 e. The molecule has 3 atom stereocenters. The van der Waals surface area contributed by atoms with Crippen LogP contribution in [-0.2, 0) is 16.0 Å². The average Bonchev–Trinajstić information content (AvgIpc) is 3.05. The van der Waals surface area contributed by atoms with Gasteiger partial charge in [0.2, 0.25) is 5.91 Å². The standard InChI is InChI=1S/C35H36BrN3O5/c36-27-16-19-28(20-17-27)43-23-30-22-37-21-29(44-30)18-15-24-9-7-8-14-31(24)38-34(40)33(39-35(41)42)32(25-10-3-1-4-11-25)26-12-5-2-6-13-26/h1-14,16-17,19-20,29-30,32-33,37,39H,15,18,21-23H2,(H,38,40)(H,41,42)/t29-,30+,33?/m1/s1. The lowest BCUT2D eigenvalue weighted by atomic mass is 9.84. The first-order chi connectivity index (χ1) is 21.5. The second kappa shape index (κ2) is 15.5. The fourth-order valence-corrected chi connectivity index (χ4v) is 5.74. The Morgan fingerprint density at radius 1 is 0.864 bits per heavy atom. The number of morpholine rings is 1. The Balaban J connectivity index is 1.26. The van der Waals surface area contributed by atoms with E-state index in [1.807, 2.05) is 109 Å². The molecular weight excluding hydrogens is 622 g/mol. The van der Waals surface area contributed by atoms with Gasteiger partial charge in [-0.2, -0.15) is 0 Å². The number of hydrogen-bond acceptors (Lipinski definition) is 5. The minimum Gasteiger partial charge on any atom is -0.491 e. The molecule has 0 aliphatic carbocycles. The first kappa shape index (κ1) is 31.3. The fraction of sp³-hybridized carbons (Fsp3) is 0.257. The van der Waals surface area contributed by atoms with Crippen LogP contribution in [0.4, 0.5) is 10.5 Å². The van der Waals surface area contributed by atoms with E-state index >= 15 is 0 Å². The Labute approximate surface area is 265 Å². The van der Waals surface area contributed by atoms with Gasteiger partial charge >= 0.3 is 6.09 Å². The summed E-state index contributed by atoms with van der Waals surface area (Å²) in [5.41, 5.74) is 3.26. The number of carbonyl (C=O) groups is 2. The molecule has 4 N–H and O–H groups in total. The molecule has 2 amide bonds. The largest absolute Gasteiger partial charge is 0.491 e. The molecule has 9 heteroatoms. The molecule has 0 aromatic heterocycles. The van der Waals surface area contributed by atoms with Crippen LogP contribution in [0.15, 0.2) is 114 Å². The number of carboxylic acid groups (broad SMARTS) is 1. The molecule has 0 radical (unpaired) electrons. The van der Waals surface area contributed by atoms with Crippen molar-refractivity contribution in [1.29, 1.82) is 0 Å². The molecule has 0 bridgehead atoms. The quantitative estimate of drug-likeness (QED) is 0.144. The molecule has 1 saturated heterocycles. The van der Waals surface area contributed by atoms with E-state index in [9.17, 15) is 14.7 Å². The highest BCUT2D eigenvalue weighted by Crippen LogP contribution is 2.30. The SMILES string of the molecule is O=C(O)NC(C(=O)Nc1ccccc1CC[C@@H]1CNC[C@@H](COc2ccc(Br)cc2)O1)C(c1ccccc1)c1ccccc1.